The smallest absolute Gasteiger partial charge is 0.262 e. The summed E-state index contributed by atoms with van der Waals surface area (Å²) in [6.45, 7) is 7.06. The van der Waals surface area contributed by atoms with Crippen LogP contribution in [0.3, 0.4) is 0 Å². The molecule has 168 valence electrons. The summed E-state index contributed by atoms with van der Waals surface area (Å²) in [4.78, 5) is 12.3. The molecule has 3 aromatic carbocycles. The fourth-order valence-electron chi connectivity index (χ4n) is 3.25. The van der Waals surface area contributed by atoms with Crippen molar-refractivity contribution in [2.24, 2.45) is 0 Å². The Morgan fingerprint density at radius 1 is 0.938 bits per heavy atom. The molecule has 5 nitrogen and oxygen atoms in total. The molecule has 0 spiro atoms. The third-order valence-electron chi connectivity index (χ3n) is 4.88. The van der Waals surface area contributed by atoms with Gasteiger partial charge in [-0.25, -0.2) is 0 Å². The van der Waals surface area contributed by atoms with Crippen molar-refractivity contribution < 1.29 is 14.3 Å². The molecule has 0 aromatic heterocycles. The minimum absolute atomic E-state index is 0.117. The summed E-state index contributed by atoms with van der Waals surface area (Å²) in [5, 5.41) is 6.28. The van der Waals surface area contributed by atoms with Crippen molar-refractivity contribution in [3.8, 4) is 11.5 Å². The van der Waals surface area contributed by atoms with Gasteiger partial charge in [0.05, 0.1) is 11.1 Å². The highest BCUT2D eigenvalue weighted by Crippen LogP contribution is 2.37. The van der Waals surface area contributed by atoms with E-state index in [1.165, 1.54) is 5.56 Å². The van der Waals surface area contributed by atoms with Gasteiger partial charge in [-0.3, -0.25) is 4.79 Å². The number of benzene rings is 3. The molecular weight excluding hydrogens is 468 g/mol. The highest BCUT2D eigenvalue weighted by atomic mass is 79.9. The van der Waals surface area contributed by atoms with Crippen LogP contribution < -0.4 is 20.1 Å². The van der Waals surface area contributed by atoms with E-state index in [-0.39, 0.29) is 12.5 Å². The fraction of sp³-hybridized carbons (Fsp3) is 0.269. The van der Waals surface area contributed by atoms with Crippen LogP contribution in [0, 0.1) is 6.92 Å². The number of carbonyl (C=O) groups is 1. The summed E-state index contributed by atoms with van der Waals surface area (Å²) in [7, 11) is 0. The van der Waals surface area contributed by atoms with E-state index in [1.807, 2.05) is 50.2 Å². The van der Waals surface area contributed by atoms with Crippen LogP contribution in [-0.2, 0) is 17.8 Å². The molecule has 3 aromatic rings. The second kappa shape index (κ2) is 11.6. The van der Waals surface area contributed by atoms with Crippen LogP contribution in [-0.4, -0.2) is 19.1 Å². The molecule has 32 heavy (non-hydrogen) atoms. The number of hydrogen-bond acceptors (Lipinski definition) is 4. The van der Waals surface area contributed by atoms with Crippen LogP contribution in [0.4, 0.5) is 11.4 Å². The minimum atomic E-state index is -0.230. The molecule has 0 aliphatic carbocycles. The van der Waals surface area contributed by atoms with Gasteiger partial charge in [0.1, 0.15) is 0 Å². The Morgan fingerprint density at radius 2 is 1.72 bits per heavy atom. The number of amides is 1. The maximum atomic E-state index is 12.3. The number of anilines is 2. The van der Waals surface area contributed by atoms with E-state index in [1.54, 1.807) is 0 Å². The van der Waals surface area contributed by atoms with Gasteiger partial charge < -0.3 is 20.1 Å². The van der Waals surface area contributed by atoms with Crippen molar-refractivity contribution in [2.75, 3.05) is 23.8 Å². The van der Waals surface area contributed by atoms with Gasteiger partial charge in [0.15, 0.2) is 18.1 Å². The topological polar surface area (TPSA) is 59.6 Å². The molecule has 0 bridgehead atoms. The number of halogens is 1. The van der Waals surface area contributed by atoms with Gasteiger partial charge >= 0.3 is 0 Å². The molecule has 0 unspecified atom stereocenters. The largest absolute Gasteiger partial charge is 0.490 e. The van der Waals surface area contributed by atoms with Crippen molar-refractivity contribution >= 4 is 33.2 Å². The summed E-state index contributed by atoms with van der Waals surface area (Å²) in [5.41, 5.74) is 5.23. The van der Waals surface area contributed by atoms with Crippen molar-refractivity contribution in [1.29, 1.82) is 0 Å². The van der Waals surface area contributed by atoms with E-state index in [9.17, 15) is 4.79 Å². The van der Waals surface area contributed by atoms with Crippen molar-refractivity contribution in [3.63, 3.8) is 0 Å². The Kier molecular flexibility index (Phi) is 8.56. The monoisotopic (exact) mass is 496 g/mol. The number of hydrogen-bond donors (Lipinski definition) is 2. The van der Waals surface area contributed by atoms with Gasteiger partial charge in [0, 0.05) is 17.9 Å². The zero-order chi connectivity index (χ0) is 22.9. The number of aryl methyl sites for hydroxylation is 2. The number of rotatable bonds is 10. The van der Waals surface area contributed by atoms with Crippen LogP contribution >= 0.6 is 15.9 Å². The fourth-order valence-corrected chi connectivity index (χ4v) is 3.85. The zero-order valence-electron chi connectivity index (χ0n) is 18.7. The predicted octanol–water partition coefficient (Wildman–Crippen LogP) is 6.35. The van der Waals surface area contributed by atoms with E-state index < -0.39 is 0 Å². The third kappa shape index (κ3) is 6.76. The van der Waals surface area contributed by atoms with Crippen LogP contribution in [0.2, 0.25) is 0 Å². The van der Waals surface area contributed by atoms with Crippen molar-refractivity contribution in [2.45, 2.75) is 33.7 Å². The van der Waals surface area contributed by atoms with Crippen LogP contribution in [0.25, 0.3) is 0 Å². The summed E-state index contributed by atoms with van der Waals surface area (Å²) in [6.07, 6.45) is 1.02. The molecule has 3 rings (SSSR count). The molecule has 0 aliphatic rings. The number of ether oxygens (including phenoxy) is 2. The van der Waals surface area contributed by atoms with E-state index in [0.29, 0.717) is 24.7 Å². The lowest BCUT2D eigenvalue weighted by atomic mass is 10.1. The summed E-state index contributed by atoms with van der Waals surface area (Å²) < 4.78 is 12.4. The first kappa shape index (κ1) is 23.7. The molecular formula is C26H29BrN2O3. The van der Waals surface area contributed by atoms with Gasteiger partial charge in [-0.05, 0) is 89.3 Å². The lowest BCUT2D eigenvalue weighted by molar-refractivity contribution is -0.118. The van der Waals surface area contributed by atoms with Gasteiger partial charge in [-0.2, -0.15) is 0 Å². The first-order valence-electron chi connectivity index (χ1n) is 10.8. The summed E-state index contributed by atoms with van der Waals surface area (Å²) in [6, 6.07) is 20.0. The molecule has 0 atom stereocenters. The first-order chi connectivity index (χ1) is 15.5. The van der Waals surface area contributed by atoms with E-state index in [2.05, 4.69) is 57.8 Å². The highest BCUT2D eigenvalue weighted by molar-refractivity contribution is 9.10. The molecule has 2 N–H and O–H groups in total. The zero-order valence-corrected chi connectivity index (χ0v) is 20.3. The van der Waals surface area contributed by atoms with Gasteiger partial charge in [-0.15, -0.1) is 0 Å². The quantitative estimate of drug-likeness (QED) is 0.343. The molecule has 6 heteroatoms. The second-order valence-corrected chi connectivity index (χ2v) is 8.30. The van der Waals surface area contributed by atoms with E-state index >= 15 is 0 Å². The molecule has 0 fully saturated rings. The summed E-state index contributed by atoms with van der Waals surface area (Å²) >= 11 is 3.58. The molecule has 0 aliphatic heterocycles. The number of carbonyl (C=O) groups excluding carboxylic acids is 1. The van der Waals surface area contributed by atoms with Gasteiger partial charge in [0.2, 0.25) is 0 Å². The number of nitrogens with one attached hydrogen (secondary N) is 2. The Balaban J connectivity index is 1.65. The lowest BCUT2D eigenvalue weighted by Crippen LogP contribution is -2.20. The summed E-state index contributed by atoms with van der Waals surface area (Å²) in [5.74, 6) is 0.886. The maximum Gasteiger partial charge on any atom is 0.262 e. The second-order valence-electron chi connectivity index (χ2n) is 7.45. The Bertz CT molecular complexity index is 1050. The highest BCUT2D eigenvalue weighted by Gasteiger charge is 2.14. The van der Waals surface area contributed by atoms with Gasteiger partial charge in [-0.1, -0.05) is 31.2 Å². The average molecular weight is 497 g/mol. The normalized spacial score (nSPS) is 10.5. The van der Waals surface area contributed by atoms with Crippen molar-refractivity contribution in [3.05, 3.63) is 81.8 Å². The Labute approximate surface area is 198 Å². The van der Waals surface area contributed by atoms with E-state index in [0.717, 1.165) is 33.4 Å². The van der Waals surface area contributed by atoms with Crippen LogP contribution in [0.1, 0.15) is 30.5 Å². The minimum Gasteiger partial charge on any atom is -0.490 e. The van der Waals surface area contributed by atoms with E-state index in [4.69, 9.17) is 9.47 Å². The van der Waals surface area contributed by atoms with Crippen LogP contribution in [0.15, 0.2) is 65.1 Å². The maximum absolute atomic E-state index is 12.3. The Hall–Kier alpha value is -2.99. The molecule has 0 radical (unpaired) electrons. The van der Waals surface area contributed by atoms with Crippen molar-refractivity contribution in [1.82, 2.24) is 0 Å². The van der Waals surface area contributed by atoms with Crippen LogP contribution in [0.5, 0.6) is 11.5 Å². The molecule has 1 amide bonds. The SMILES string of the molecule is CCOc1cc(CNc2ccc(CC)cc2)cc(Br)c1OCC(=O)Nc1cccc(C)c1. The molecule has 0 saturated carbocycles. The lowest BCUT2D eigenvalue weighted by Gasteiger charge is -2.16. The third-order valence-corrected chi connectivity index (χ3v) is 5.47. The standard InChI is InChI=1S/C26H29BrN2O3/c1-4-19-9-11-21(12-10-19)28-16-20-14-23(27)26(24(15-20)31-5-2)32-17-25(30)29-22-8-6-7-18(3)13-22/h6-15,28H,4-5,16-17H2,1-3H3,(H,29,30). The van der Waals surface area contributed by atoms with Gasteiger partial charge in [0.25, 0.3) is 5.91 Å². The predicted molar refractivity (Wildman–Crippen MR) is 134 cm³/mol. The first-order valence-corrected chi connectivity index (χ1v) is 11.5. The Morgan fingerprint density at radius 3 is 2.41 bits per heavy atom. The average Bonchev–Trinajstić information content (AvgIpc) is 2.77. The molecule has 0 saturated heterocycles. The molecule has 0 heterocycles.